The predicted octanol–water partition coefficient (Wildman–Crippen LogP) is 0.558. The summed E-state index contributed by atoms with van der Waals surface area (Å²) in [4.78, 5) is 64.8. The molecular weight excluding hydrogens is 420 g/mol. The summed E-state index contributed by atoms with van der Waals surface area (Å²) in [6.45, 7) is -0.275. The summed E-state index contributed by atoms with van der Waals surface area (Å²) in [5.74, 6) is -2.62. The van der Waals surface area contributed by atoms with Gasteiger partial charge in [0.25, 0.3) is 11.8 Å². The summed E-state index contributed by atoms with van der Waals surface area (Å²) in [6, 6.07) is 5.35. The molecule has 1 aromatic heterocycles. The lowest BCUT2D eigenvalue weighted by Gasteiger charge is -2.29. The molecule has 2 aliphatic heterocycles. The van der Waals surface area contributed by atoms with Crippen molar-refractivity contribution in [2.75, 3.05) is 11.9 Å². The number of carbonyl (C=O) groups is 5. The maximum Gasteiger partial charge on any atom is 0.337 e. The number of piperidine rings is 1. The van der Waals surface area contributed by atoms with E-state index in [0.29, 0.717) is 16.9 Å². The van der Waals surface area contributed by atoms with Crippen molar-refractivity contribution in [3.8, 4) is 5.75 Å². The van der Waals surface area contributed by atoms with Gasteiger partial charge in [-0.2, -0.15) is 0 Å². The van der Waals surface area contributed by atoms with E-state index in [2.05, 4.69) is 15.6 Å². The number of carbonyl (C=O) groups excluding carboxylic acids is 4. The Morgan fingerprint density at radius 2 is 2.06 bits per heavy atom. The van der Waals surface area contributed by atoms with Crippen molar-refractivity contribution in [3.05, 3.63) is 53.3 Å². The molecule has 164 valence electrons. The lowest BCUT2D eigenvalue weighted by Crippen LogP contribution is -2.52. The van der Waals surface area contributed by atoms with Gasteiger partial charge in [0.15, 0.2) is 6.61 Å². The smallest absolute Gasteiger partial charge is 0.337 e. The number of nitrogens with one attached hydrogen (secondary N) is 2. The van der Waals surface area contributed by atoms with Crippen molar-refractivity contribution < 1.29 is 33.8 Å². The zero-order valence-corrected chi connectivity index (χ0v) is 16.7. The third-order valence-electron chi connectivity index (χ3n) is 5.17. The first-order chi connectivity index (χ1) is 15.3. The van der Waals surface area contributed by atoms with E-state index in [1.54, 1.807) is 18.2 Å². The molecule has 4 amide bonds. The molecule has 0 saturated carbocycles. The second kappa shape index (κ2) is 8.46. The Balaban J connectivity index is 1.43. The van der Waals surface area contributed by atoms with Crippen molar-refractivity contribution in [2.24, 2.45) is 0 Å². The first kappa shape index (κ1) is 21.0. The first-order valence-electron chi connectivity index (χ1n) is 9.71. The maximum atomic E-state index is 12.8. The number of aromatic nitrogens is 1. The number of rotatable bonds is 6. The van der Waals surface area contributed by atoms with Crippen LogP contribution in [0.4, 0.5) is 5.69 Å². The van der Waals surface area contributed by atoms with E-state index in [0.717, 1.165) is 6.20 Å². The summed E-state index contributed by atoms with van der Waals surface area (Å²) in [7, 11) is 0. The van der Waals surface area contributed by atoms with Crippen molar-refractivity contribution in [3.63, 3.8) is 0 Å². The van der Waals surface area contributed by atoms with Gasteiger partial charge < -0.3 is 20.1 Å². The number of carboxylic acids is 1. The molecule has 1 fully saturated rings. The molecule has 2 aliphatic rings. The molecule has 3 N–H and O–H groups in total. The van der Waals surface area contributed by atoms with Crippen molar-refractivity contribution in [1.29, 1.82) is 0 Å². The number of carboxylic acid groups (broad SMARTS) is 1. The van der Waals surface area contributed by atoms with Gasteiger partial charge in [0.1, 0.15) is 11.8 Å². The van der Waals surface area contributed by atoms with Crippen LogP contribution in [-0.4, -0.2) is 57.2 Å². The van der Waals surface area contributed by atoms with Gasteiger partial charge in [-0.25, -0.2) is 4.79 Å². The number of aromatic carboxylic acids is 1. The van der Waals surface area contributed by atoms with Gasteiger partial charge in [-0.15, -0.1) is 0 Å². The van der Waals surface area contributed by atoms with E-state index in [9.17, 15) is 24.0 Å². The second-order valence-electron chi connectivity index (χ2n) is 7.29. The molecule has 11 heteroatoms. The number of anilines is 1. The van der Waals surface area contributed by atoms with E-state index in [-0.39, 0.29) is 49.1 Å². The molecule has 1 aromatic carbocycles. The number of nitrogens with zero attached hydrogens (tertiary/aromatic N) is 2. The number of hydrogen-bond donors (Lipinski definition) is 3. The van der Waals surface area contributed by atoms with Crippen LogP contribution in [-0.2, 0) is 20.9 Å². The fourth-order valence-corrected chi connectivity index (χ4v) is 3.66. The van der Waals surface area contributed by atoms with Crippen molar-refractivity contribution in [1.82, 2.24) is 15.2 Å². The Hall–Kier alpha value is -4.28. The van der Waals surface area contributed by atoms with Crippen LogP contribution < -0.4 is 15.4 Å². The second-order valence-corrected chi connectivity index (χ2v) is 7.29. The summed E-state index contributed by atoms with van der Waals surface area (Å²) in [5.41, 5.74) is 1.04. The fourth-order valence-electron chi connectivity index (χ4n) is 3.66. The van der Waals surface area contributed by atoms with Crippen LogP contribution in [0.25, 0.3) is 0 Å². The van der Waals surface area contributed by atoms with Gasteiger partial charge in [0.05, 0.1) is 24.0 Å². The number of benzene rings is 1. The van der Waals surface area contributed by atoms with Gasteiger partial charge >= 0.3 is 5.97 Å². The molecular formula is C21H18N4O7. The lowest BCUT2D eigenvalue weighted by atomic mass is 10.0. The Kier molecular flexibility index (Phi) is 5.54. The predicted molar refractivity (Wildman–Crippen MR) is 108 cm³/mol. The summed E-state index contributed by atoms with van der Waals surface area (Å²) < 4.78 is 5.61. The SMILES string of the molecule is O=C1CCC(N2Cc3c(OCC(=O)Nc4cncc(C(=O)O)c4)cccc3C2=O)C(=O)N1. The van der Waals surface area contributed by atoms with E-state index >= 15 is 0 Å². The third kappa shape index (κ3) is 4.13. The third-order valence-corrected chi connectivity index (χ3v) is 5.17. The average molecular weight is 438 g/mol. The molecule has 1 atom stereocenters. The number of pyridine rings is 1. The minimum atomic E-state index is -1.17. The molecule has 0 radical (unpaired) electrons. The molecule has 32 heavy (non-hydrogen) atoms. The van der Waals surface area contributed by atoms with Crippen LogP contribution in [0.5, 0.6) is 5.75 Å². The van der Waals surface area contributed by atoms with E-state index in [4.69, 9.17) is 9.84 Å². The van der Waals surface area contributed by atoms with E-state index in [1.165, 1.54) is 17.2 Å². The summed E-state index contributed by atoms with van der Waals surface area (Å²) >= 11 is 0. The summed E-state index contributed by atoms with van der Waals surface area (Å²) in [5, 5.41) is 13.7. The molecule has 1 saturated heterocycles. The number of hydrogen-bond acceptors (Lipinski definition) is 7. The van der Waals surface area contributed by atoms with Crippen LogP contribution in [0, 0.1) is 0 Å². The first-order valence-corrected chi connectivity index (χ1v) is 9.71. The lowest BCUT2D eigenvalue weighted by molar-refractivity contribution is -0.137. The Bertz CT molecular complexity index is 1150. The zero-order chi connectivity index (χ0) is 22.8. The number of amides is 4. The number of fused-ring (bicyclic) bond motifs is 1. The zero-order valence-electron chi connectivity index (χ0n) is 16.7. The monoisotopic (exact) mass is 438 g/mol. The van der Waals surface area contributed by atoms with Gasteiger partial charge in [-0.05, 0) is 24.6 Å². The number of imide groups is 1. The Labute approximate surface area is 181 Å². The molecule has 1 unspecified atom stereocenters. The van der Waals surface area contributed by atoms with Crippen LogP contribution >= 0.6 is 0 Å². The van der Waals surface area contributed by atoms with Gasteiger partial charge in [0, 0.05) is 23.7 Å². The minimum Gasteiger partial charge on any atom is -0.483 e. The van der Waals surface area contributed by atoms with Crippen molar-refractivity contribution in [2.45, 2.75) is 25.4 Å². The fraction of sp³-hybridized carbons (Fsp3) is 0.238. The molecule has 3 heterocycles. The Morgan fingerprint density at radius 1 is 1.25 bits per heavy atom. The maximum absolute atomic E-state index is 12.8. The molecule has 11 nitrogen and oxygen atoms in total. The van der Waals surface area contributed by atoms with Crippen LogP contribution in [0.1, 0.15) is 39.1 Å². The van der Waals surface area contributed by atoms with Crippen LogP contribution in [0.2, 0.25) is 0 Å². The highest BCUT2D eigenvalue weighted by atomic mass is 16.5. The van der Waals surface area contributed by atoms with Gasteiger partial charge in [0.2, 0.25) is 11.8 Å². The van der Waals surface area contributed by atoms with Crippen LogP contribution in [0.3, 0.4) is 0 Å². The van der Waals surface area contributed by atoms with Gasteiger partial charge in [-0.3, -0.25) is 29.5 Å². The average Bonchev–Trinajstić information content (AvgIpc) is 3.09. The molecule has 0 spiro atoms. The molecule has 0 bridgehead atoms. The van der Waals surface area contributed by atoms with Gasteiger partial charge in [-0.1, -0.05) is 6.07 Å². The largest absolute Gasteiger partial charge is 0.483 e. The molecule has 4 rings (SSSR count). The molecule has 0 aliphatic carbocycles. The topological polar surface area (TPSA) is 155 Å². The normalized spacial score (nSPS) is 17.6. The number of ether oxygens (including phenoxy) is 1. The van der Waals surface area contributed by atoms with E-state index in [1.807, 2.05) is 0 Å². The summed E-state index contributed by atoms with van der Waals surface area (Å²) in [6.07, 6.45) is 2.86. The van der Waals surface area contributed by atoms with Crippen molar-refractivity contribution >= 4 is 35.3 Å². The standard InChI is InChI=1S/C21H18N4O7/c26-17-5-4-15(19(28)24-17)25-9-14-13(20(25)29)2-1-3-16(14)32-10-18(27)23-12-6-11(21(30)31)7-22-8-12/h1-3,6-8,15H,4-5,9-10H2,(H,23,27)(H,30,31)(H,24,26,28). The highest BCUT2D eigenvalue weighted by molar-refractivity contribution is 6.05. The van der Waals surface area contributed by atoms with E-state index < -0.39 is 23.8 Å². The highest BCUT2D eigenvalue weighted by Crippen LogP contribution is 2.33. The quantitative estimate of drug-likeness (QED) is 0.553. The van der Waals surface area contributed by atoms with Crippen LogP contribution in [0.15, 0.2) is 36.7 Å². The highest BCUT2D eigenvalue weighted by Gasteiger charge is 2.40. The molecule has 2 aromatic rings. The Morgan fingerprint density at radius 3 is 2.81 bits per heavy atom. The minimum absolute atomic E-state index is 0.0725.